The zero-order chi connectivity index (χ0) is 22.2. The predicted molar refractivity (Wildman–Crippen MR) is 115 cm³/mol. The number of nitrogens with two attached hydrogens (primary N) is 1. The summed E-state index contributed by atoms with van der Waals surface area (Å²) in [5.74, 6) is 0.472. The number of rotatable bonds is 6. The van der Waals surface area contributed by atoms with E-state index in [1.807, 2.05) is 0 Å². The molecule has 3 saturated heterocycles. The SMILES string of the molecule is NC(=O)c1cc(N[C@H]2CCNC2=O)nc(N2C3CCC2CC(Oc2ccc(F)cc2)C3)n1. The topological polar surface area (TPSA) is 122 Å². The molecule has 32 heavy (non-hydrogen) atoms. The molecule has 2 amide bonds. The van der Waals surface area contributed by atoms with Crippen LogP contribution < -0.4 is 26.0 Å². The number of nitrogens with one attached hydrogen (secondary N) is 2. The van der Waals surface area contributed by atoms with E-state index in [2.05, 4.69) is 25.5 Å². The number of carbonyl (C=O) groups is 2. The normalized spacial score (nSPS) is 26.7. The van der Waals surface area contributed by atoms with E-state index in [9.17, 15) is 14.0 Å². The molecule has 4 heterocycles. The molecule has 3 aliphatic rings. The summed E-state index contributed by atoms with van der Waals surface area (Å²) in [7, 11) is 0. The molecular weight excluding hydrogens is 415 g/mol. The Bertz CT molecular complexity index is 1020. The van der Waals surface area contributed by atoms with Crippen molar-refractivity contribution in [2.45, 2.75) is 56.3 Å². The third-order valence-electron chi connectivity index (χ3n) is 6.37. The van der Waals surface area contributed by atoms with E-state index in [4.69, 9.17) is 10.5 Å². The van der Waals surface area contributed by atoms with Crippen molar-refractivity contribution >= 4 is 23.6 Å². The lowest BCUT2D eigenvalue weighted by Gasteiger charge is -2.39. The van der Waals surface area contributed by atoms with Crippen LogP contribution in [-0.2, 0) is 4.79 Å². The lowest BCUT2D eigenvalue weighted by molar-refractivity contribution is -0.119. The van der Waals surface area contributed by atoms with Crippen LogP contribution in [0, 0.1) is 5.82 Å². The van der Waals surface area contributed by atoms with Gasteiger partial charge in [-0.3, -0.25) is 9.59 Å². The van der Waals surface area contributed by atoms with E-state index < -0.39 is 11.9 Å². The van der Waals surface area contributed by atoms with E-state index in [0.29, 0.717) is 30.5 Å². The monoisotopic (exact) mass is 440 g/mol. The fraction of sp³-hybridized carbons (Fsp3) is 0.455. The Labute approximate surface area is 184 Å². The Morgan fingerprint density at radius 1 is 1.16 bits per heavy atom. The van der Waals surface area contributed by atoms with Crippen LogP contribution in [0.2, 0.25) is 0 Å². The molecule has 2 unspecified atom stereocenters. The van der Waals surface area contributed by atoms with Gasteiger partial charge in [0.25, 0.3) is 5.91 Å². The molecule has 3 aliphatic heterocycles. The minimum atomic E-state index is -0.644. The van der Waals surface area contributed by atoms with E-state index in [1.54, 1.807) is 12.1 Å². The first-order valence-corrected chi connectivity index (χ1v) is 10.9. The van der Waals surface area contributed by atoms with E-state index in [-0.39, 0.29) is 35.6 Å². The summed E-state index contributed by atoms with van der Waals surface area (Å²) in [5.41, 5.74) is 5.63. The molecule has 0 saturated carbocycles. The van der Waals surface area contributed by atoms with Crippen molar-refractivity contribution in [3.05, 3.63) is 41.8 Å². The molecule has 3 atom stereocenters. The highest BCUT2D eigenvalue weighted by atomic mass is 19.1. The number of anilines is 2. The smallest absolute Gasteiger partial charge is 0.267 e. The number of primary amides is 1. The van der Waals surface area contributed by atoms with E-state index in [0.717, 1.165) is 25.7 Å². The number of aromatic nitrogens is 2. The van der Waals surface area contributed by atoms with Crippen molar-refractivity contribution in [3.8, 4) is 5.75 Å². The molecule has 9 nitrogen and oxygen atoms in total. The van der Waals surface area contributed by atoms with Crippen molar-refractivity contribution in [2.75, 3.05) is 16.8 Å². The number of nitrogens with zero attached hydrogens (tertiary/aromatic N) is 3. The van der Waals surface area contributed by atoms with E-state index in [1.165, 1.54) is 18.2 Å². The number of hydrogen-bond donors (Lipinski definition) is 3. The molecule has 0 radical (unpaired) electrons. The number of fused-ring (bicyclic) bond motifs is 2. The Balaban J connectivity index is 1.35. The average molecular weight is 440 g/mol. The van der Waals surface area contributed by atoms with Gasteiger partial charge in [-0.2, -0.15) is 4.98 Å². The maximum Gasteiger partial charge on any atom is 0.267 e. The second kappa shape index (κ2) is 8.25. The number of piperidine rings is 1. The fourth-order valence-electron chi connectivity index (χ4n) is 4.92. The van der Waals surface area contributed by atoms with Gasteiger partial charge in [-0.1, -0.05) is 0 Å². The number of halogens is 1. The van der Waals surface area contributed by atoms with Crippen LogP contribution in [-0.4, -0.2) is 52.6 Å². The van der Waals surface area contributed by atoms with Crippen LogP contribution in [0.3, 0.4) is 0 Å². The lowest BCUT2D eigenvalue weighted by atomic mass is 10.00. The second-order valence-electron chi connectivity index (χ2n) is 8.54. The third kappa shape index (κ3) is 4.04. The molecule has 3 fully saturated rings. The predicted octanol–water partition coefficient (Wildman–Crippen LogP) is 1.59. The fourth-order valence-corrected chi connectivity index (χ4v) is 4.92. The highest BCUT2D eigenvalue weighted by Crippen LogP contribution is 2.39. The van der Waals surface area contributed by atoms with Gasteiger partial charge in [0.15, 0.2) is 0 Å². The van der Waals surface area contributed by atoms with Gasteiger partial charge in [-0.15, -0.1) is 0 Å². The Morgan fingerprint density at radius 2 is 1.88 bits per heavy atom. The molecule has 1 aromatic carbocycles. The first kappa shape index (κ1) is 20.5. The summed E-state index contributed by atoms with van der Waals surface area (Å²) in [4.78, 5) is 35.1. The highest BCUT2D eigenvalue weighted by molar-refractivity contribution is 5.92. The maximum absolute atomic E-state index is 13.2. The first-order valence-electron chi connectivity index (χ1n) is 10.9. The molecule has 0 spiro atoms. The van der Waals surface area contributed by atoms with Gasteiger partial charge in [-0.25, -0.2) is 9.37 Å². The van der Waals surface area contributed by atoms with Gasteiger partial charge in [0.2, 0.25) is 11.9 Å². The van der Waals surface area contributed by atoms with Crippen LogP contribution in [0.15, 0.2) is 30.3 Å². The Hall–Kier alpha value is -3.43. The summed E-state index contributed by atoms with van der Waals surface area (Å²) in [6.07, 6.45) is 4.12. The Kier molecular flexibility index (Phi) is 5.28. The summed E-state index contributed by atoms with van der Waals surface area (Å²) in [6, 6.07) is 7.47. The number of hydrogen-bond acceptors (Lipinski definition) is 7. The molecule has 5 rings (SSSR count). The number of benzene rings is 1. The van der Waals surface area contributed by atoms with Crippen LogP contribution in [0.1, 0.15) is 42.6 Å². The zero-order valence-corrected chi connectivity index (χ0v) is 17.5. The van der Waals surface area contributed by atoms with Crippen LogP contribution in [0.25, 0.3) is 0 Å². The summed E-state index contributed by atoms with van der Waals surface area (Å²) in [5, 5.41) is 5.88. The number of carbonyl (C=O) groups excluding carboxylic acids is 2. The third-order valence-corrected chi connectivity index (χ3v) is 6.37. The standard InChI is InChI=1S/C22H25FN6O3/c23-12-1-5-15(6-2-12)32-16-9-13-3-4-14(10-16)29(13)22-27-18(20(24)30)11-19(28-22)26-17-7-8-25-21(17)31/h1-2,5-6,11,13-14,16-17H,3-4,7-10H2,(H2,24,30)(H,25,31)(H,26,27,28)/t13?,14?,16?,17-/m0/s1. The van der Waals surface area contributed by atoms with Crippen LogP contribution >= 0.6 is 0 Å². The summed E-state index contributed by atoms with van der Waals surface area (Å²) in [6.45, 7) is 0.600. The molecule has 2 aromatic rings. The lowest BCUT2D eigenvalue weighted by Crippen LogP contribution is -2.47. The summed E-state index contributed by atoms with van der Waals surface area (Å²) >= 11 is 0. The van der Waals surface area contributed by atoms with Crippen LogP contribution in [0.5, 0.6) is 5.75 Å². The maximum atomic E-state index is 13.2. The molecule has 2 bridgehead atoms. The minimum Gasteiger partial charge on any atom is -0.490 e. The molecule has 0 aliphatic carbocycles. The zero-order valence-electron chi connectivity index (χ0n) is 17.5. The van der Waals surface area contributed by atoms with E-state index >= 15 is 0 Å². The number of amides is 2. The average Bonchev–Trinajstić information content (AvgIpc) is 3.29. The molecule has 10 heteroatoms. The first-order chi connectivity index (χ1) is 15.5. The van der Waals surface area contributed by atoms with Gasteiger partial charge in [0.05, 0.1) is 0 Å². The molecule has 4 N–H and O–H groups in total. The van der Waals surface area contributed by atoms with Crippen molar-refractivity contribution in [1.29, 1.82) is 0 Å². The van der Waals surface area contributed by atoms with Gasteiger partial charge >= 0.3 is 0 Å². The van der Waals surface area contributed by atoms with Gasteiger partial charge in [0.1, 0.15) is 35.2 Å². The van der Waals surface area contributed by atoms with Gasteiger partial charge in [-0.05, 0) is 43.5 Å². The largest absolute Gasteiger partial charge is 0.490 e. The number of ether oxygens (including phenoxy) is 1. The Morgan fingerprint density at radius 3 is 2.50 bits per heavy atom. The van der Waals surface area contributed by atoms with Crippen molar-refractivity contribution < 1.29 is 18.7 Å². The quantitative estimate of drug-likeness (QED) is 0.623. The van der Waals surface area contributed by atoms with Crippen LogP contribution in [0.4, 0.5) is 16.2 Å². The van der Waals surface area contributed by atoms with Gasteiger partial charge in [0, 0.05) is 37.5 Å². The minimum absolute atomic E-state index is 0.00770. The molecule has 168 valence electrons. The molecular formula is C22H25FN6O3. The molecule has 1 aromatic heterocycles. The van der Waals surface area contributed by atoms with Gasteiger partial charge < -0.3 is 26.0 Å². The highest BCUT2D eigenvalue weighted by Gasteiger charge is 2.43. The van der Waals surface area contributed by atoms with Crippen molar-refractivity contribution in [2.24, 2.45) is 5.73 Å². The second-order valence-corrected chi connectivity index (χ2v) is 8.54. The van der Waals surface area contributed by atoms with Crippen molar-refractivity contribution in [1.82, 2.24) is 15.3 Å². The van der Waals surface area contributed by atoms with Crippen molar-refractivity contribution in [3.63, 3.8) is 0 Å². The summed E-state index contributed by atoms with van der Waals surface area (Å²) < 4.78 is 19.3.